The third kappa shape index (κ3) is 3.42. The molecule has 0 atom stereocenters. The molecule has 1 aromatic carbocycles. The summed E-state index contributed by atoms with van der Waals surface area (Å²) in [4.78, 5) is 25.7. The summed E-state index contributed by atoms with van der Waals surface area (Å²) in [5.74, 6) is -1.67. The molecule has 0 spiro atoms. The first kappa shape index (κ1) is 15.5. The summed E-state index contributed by atoms with van der Waals surface area (Å²) in [5.41, 5.74) is -0.181. The summed E-state index contributed by atoms with van der Waals surface area (Å²) < 4.78 is 4.96. The van der Waals surface area contributed by atoms with E-state index in [0.717, 1.165) is 6.54 Å². The minimum absolute atomic E-state index is 0.210. The van der Waals surface area contributed by atoms with E-state index in [1.54, 1.807) is 6.92 Å². The van der Waals surface area contributed by atoms with E-state index in [-0.39, 0.29) is 6.61 Å². The zero-order valence-corrected chi connectivity index (χ0v) is 12.2. The van der Waals surface area contributed by atoms with Crippen LogP contribution in [-0.4, -0.2) is 41.6 Å². The van der Waals surface area contributed by atoms with Gasteiger partial charge in [0.2, 0.25) is 0 Å². The highest BCUT2D eigenvalue weighted by Crippen LogP contribution is 2.34. The van der Waals surface area contributed by atoms with E-state index >= 15 is 0 Å². The molecule has 2 rings (SSSR count). The van der Waals surface area contributed by atoms with Crippen LogP contribution in [0.15, 0.2) is 30.3 Å². The molecule has 0 unspecified atom stereocenters. The number of likely N-dealkylation sites (tertiary alicyclic amines) is 1. The van der Waals surface area contributed by atoms with Crippen LogP contribution in [-0.2, 0) is 20.9 Å². The highest BCUT2D eigenvalue weighted by molar-refractivity contribution is 5.99. The normalized spacial score (nSPS) is 18.1. The Kier molecular flexibility index (Phi) is 4.96. The molecular formula is C16H21NO4. The molecule has 0 amide bonds. The van der Waals surface area contributed by atoms with Crippen molar-refractivity contribution in [1.82, 2.24) is 4.90 Å². The van der Waals surface area contributed by atoms with Crippen molar-refractivity contribution in [2.75, 3.05) is 19.7 Å². The van der Waals surface area contributed by atoms with Crippen LogP contribution in [0.1, 0.15) is 25.3 Å². The topological polar surface area (TPSA) is 66.8 Å². The lowest BCUT2D eigenvalue weighted by Crippen LogP contribution is -2.49. The van der Waals surface area contributed by atoms with Crippen molar-refractivity contribution in [3.8, 4) is 0 Å². The first-order valence-corrected chi connectivity index (χ1v) is 7.25. The van der Waals surface area contributed by atoms with Gasteiger partial charge in [0, 0.05) is 19.6 Å². The second kappa shape index (κ2) is 6.72. The summed E-state index contributed by atoms with van der Waals surface area (Å²) in [7, 11) is 0. The maximum Gasteiger partial charge on any atom is 0.323 e. The summed E-state index contributed by atoms with van der Waals surface area (Å²) in [6, 6.07) is 10.0. The van der Waals surface area contributed by atoms with Gasteiger partial charge >= 0.3 is 11.9 Å². The number of hydrogen-bond donors (Lipinski definition) is 1. The van der Waals surface area contributed by atoms with Crippen LogP contribution in [0.3, 0.4) is 0 Å². The van der Waals surface area contributed by atoms with Crippen molar-refractivity contribution in [1.29, 1.82) is 0 Å². The molecule has 1 aromatic rings. The molecule has 5 nitrogen and oxygen atoms in total. The molecule has 0 radical (unpaired) electrons. The van der Waals surface area contributed by atoms with Crippen molar-refractivity contribution in [2.45, 2.75) is 26.3 Å². The molecule has 21 heavy (non-hydrogen) atoms. The maximum absolute atomic E-state index is 12.0. The number of benzene rings is 1. The monoisotopic (exact) mass is 291 g/mol. The van der Waals surface area contributed by atoms with Crippen molar-refractivity contribution >= 4 is 11.9 Å². The number of carbonyl (C=O) groups excluding carboxylic acids is 1. The van der Waals surface area contributed by atoms with Gasteiger partial charge < -0.3 is 9.84 Å². The first-order chi connectivity index (χ1) is 10.1. The van der Waals surface area contributed by atoms with Crippen LogP contribution in [0.4, 0.5) is 0 Å². The molecular weight excluding hydrogens is 270 g/mol. The van der Waals surface area contributed by atoms with Gasteiger partial charge in [-0.3, -0.25) is 14.5 Å². The predicted octanol–water partition coefficient (Wildman–Crippen LogP) is 1.92. The van der Waals surface area contributed by atoms with Crippen LogP contribution >= 0.6 is 0 Å². The number of nitrogens with zero attached hydrogens (tertiary/aromatic N) is 1. The molecule has 1 fully saturated rings. The zero-order valence-electron chi connectivity index (χ0n) is 12.2. The average molecular weight is 291 g/mol. The quantitative estimate of drug-likeness (QED) is 0.663. The predicted molar refractivity (Wildman–Crippen MR) is 77.7 cm³/mol. The van der Waals surface area contributed by atoms with E-state index in [4.69, 9.17) is 4.74 Å². The lowest BCUT2D eigenvalue weighted by molar-refractivity contribution is -0.172. The van der Waals surface area contributed by atoms with Gasteiger partial charge in [0.15, 0.2) is 5.41 Å². The highest BCUT2D eigenvalue weighted by atomic mass is 16.5. The molecule has 1 saturated heterocycles. The van der Waals surface area contributed by atoms with Crippen molar-refractivity contribution in [2.24, 2.45) is 5.41 Å². The van der Waals surface area contributed by atoms with E-state index in [9.17, 15) is 14.7 Å². The van der Waals surface area contributed by atoms with Gasteiger partial charge in [-0.15, -0.1) is 0 Å². The second-order valence-corrected chi connectivity index (χ2v) is 5.37. The van der Waals surface area contributed by atoms with E-state index in [0.29, 0.717) is 25.9 Å². The zero-order chi connectivity index (χ0) is 15.3. The molecule has 0 aliphatic carbocycles. The molecule has 1 aliphatic rings. The van der Waals surface area contributed by atoms with Gasteiger partial charge in [-0.25, -0.2) is 0 Å². The molecule has 1 aliphatic heterocycles. The van der Waals surface area contributed by atoms with E-state index in [1.807, 2.05) is 30.3 Å². The summed E-state index contributed by atoms with van der Waals surface area (Å²) in [6.07, 6.45) is 0.599. The van der Waals surface area contributed by atoms with Crippen molar-refractivity contribution in [3.63, 3.8) is 0 Å². The van der Waals surface area contributed by atoms with E-state index in [1.165, 1.54) is 5.56 Å². The molecule has 0 aromatic heterocycles. The summed E-state index contributed by atoms with van der Waals surface area (Å²) >= 11 is 0. The Labute approximate surface area is 124 Å². The molecule has 1 heterocycles. The smallest absolute Gasteiger partial charge is 0.323 e. The highest BCUT2D eigenvalue weighted by Gasteiger charge is 2.49. The number of rotatable bonds is 5. The molecule has 114 valence electrons. The number of piperidine rings is 1. The maximum atomic E-state index is 12.0. The number of aliphatic carboxylic acids is 1. The van der Waals surface area contributed by atoms with Crippen LogP contribution in [0.5, 0.6) is 0 Å². The lowest BCUT2D eigenvalue weighted by Gasteiger charge is -2.37. The molecule has 5 heteroatoms. The standard InChI is InChI=1S/C16H21NO4/c1-2-21-15(20)16(14(18)19)8-10-17(11-9-16)12-13-6-4-3-5-7-13/h3-7H,2,8-12H2,1H3,(H,18,19). The number of ether oxygens (including phenoxy) is 1. The molecule has 1 N–H and O–H groups in total. The minimum atomic E-state index is -1.37. The second-order valence-electron chi connectivity index (χ2n) is 5.37. The Morgan fingerprint density at radius 3 is 2.38 bits per heavy atom. The van der Waals surface area contributed by atoms with Gasteiger partial charge in [-0.05, 0) is 25.3 Å². The van der Waals surface area contributed by atoms with E-state index < -0.39 is 17.4 Å². The van der Waals surface area contributed by atoms with Crippen LogP contribution < -0.4 is 0 Å². The number of carboxylic acid groups (broad SMARTS) is 1. The van der Waals surface area contributed by atoms with Gasteiger partial charge in [0.25, 0.3) is 0 Å². The first-order valence-electron chi connectivity index (χ1n) is 7.25. The SMILES string of the molecule is CCOC(=O)C1(C(=O)O)CCN(Cc2ccccc2)CC1. The number of hydrogen-bond acceptors (Lipinski definition) is 4. The Bertz CT molecular complexity index is 492. The van der Waals surface area contributed by atoms with Crippen LogP contribution in [0, 0.1) is 5.41 Å². The Morgan fingerprint density at radius 1 is 1.24 bits per heavy atom. The summed E-state index contributed by atoms with van der Waals surface area (Å²) in [5, 5.41) is 9.44. The van der Waals surface area contributed by atoms with Gasteiger partial charge in [-0.1, -0.05) is 30.3 Å². The summed E-state index contributed by atoms with van der Waals surface area (Å²) in [6.45, 7) is 3.85. The number of esters is 1. The molecule has 0 bridgehead atoms. The van der Waals surface area contributed by atoms with Crippen molar-refractivity contribution < 1.29 is 19.4 Å². The fourth-order valence-electron chi connectivity index (χ4n) is 2.71. The molecule has 0 saturated carbocycles. The average Bonchev–Trinajstić information content (AvgIpc) is 2.49. The van der Waals surface area contributed by atoms with Crippen molar-refractivity contribution in [3.05, 3.63) is 35.9 Å². The fraction of sp³-hybridized carbons (Fsp3) is 0.500. The van der Waals surface area contributed by atoms with Gasteiger partial charge in [0.05, 0.1) is 6.61 Å². The fourth-order valence-corrected chi connectivity index (χ4v) is 2.71. The Morgan fingerprint density at radius 2 is 1.86 bits per heavy atom. The van der Waals surface area contributed by atoms with Crippen LogP contribution in [0.2, 0.25) is 0 Å². The number of carbonyl (C=O) groups is 2. The largest absolute Gasteiger partial charge is 0.480 e. The number of carboxylic acids is 1. The van der Waals surface area contributed by atoms with E-state index in [2.05, 4.69) is 4.90 Å². The van der Waals surface area contributed by atoms with Crippen LogP contribution in [0.25, 0.3) is 0 Å². The minimum Gasteiger partial charge on any atom is -0.480 e. The van der Waals surface area contributed by atoms with Gasteiger partial charge in [0.1, 0.15) is 0 Å². The third-order valence-electron chi connectivity index (χ3n) is 4.03. The Balaban J connectivity index is 2.00. The Hall–Kier alpha value is -1.88. The lowest BCUT2D eigenvalue weighted by atomic mass is 9.78. The third-order valence-corrected chi connectivity index (χ3v) is 4.03. The van der Waals surface area contributed by atoms with Gasteiger partial charge in [-0.2, -0.15) is 0 Å².